The van der Waals surface area contributed by atoms with Crippen molar-refractivity contribution in [2.24, 2.45) is 0 Å². The van der Waals surface area contributed by atoms with Crippen LogP contribution in [-0.4, -0.2) is 19.6 Å². The molecular formula is C18H18F3N5. The van der Waals surface area contributed by atoms with E-state index in [9.17, 15) is 13.2 Å². The highest BCUT2D eigenvalue weighted by Crippen LogP contribution is 2.42. The molecule has 3 aromatic rings. The molecule has 0 aliphatic heterocycles. The molecule has 2 aromatic heterocycles. The Kier molecular flexibility index (Phi) is 3.86. The number of nitrogens with zero attached hydrogens (tertiary/aromatic N) is 4. The zero-order valence-corrected chi connectivity index (χ0v) is 14.2. The van der Waals surface area contributed by atoms with Crippen molar-refractivity contribution >= 4 is 11.6 Å². The highest BCUT2D eigenvalue weighted by Gasteiger charge is 2.37. The molecule has 0 atom stereocenters. The number of aryl methyl sites for hydroxylation is 1. The van der Waals surface area contributed by atoms with Crippen molar-refractivity contribution in [1.29, 1.82) is 0 Å². The Labute approximate surface area is 148 Å². The fraction of sp³-hybridized carbons (Fsp3) is 0.389. The molecule has 0 bridgehead atoms. The molecule has 2 heterocycles. The second-order valence-electron chi connectivity index (χ2n) is 6.74. The summed E-state index contributed by atoms with van der Waals surface area (Å²) in [7, 11) is 0. The molecule has 136 valence electrons. The maximum absolute atomic E-state index is 12.9. The molecule has 0 saturated heterocycles. The third kappa shape index (κ3) is 2.89. The summed E-state index contributed by atoms with van der Waals surface area (Å²) in [5, 5.41) is 7.74. The van der Waals surface area contributed by atoms with Crippen LogP contribution in [0.4, 0.5) is 19.0 Å². The van der Waals surface area contributed by atoms with Gasteiger partial charge in [-0.2, -0.15) is 27.8 Å². The highest BCUT2D eigenvalue weighted by molar-refractivity contribution is 5.49. The normalized spacial score (nSPS) is 16.9. The Hall–Kier alpha value is -2.64. The first-order valence-corrected chi connectivity index (χ1v) is 8.51. The van der Waals surface area contributed by atoms with Gasteiger partial charge < -0.3 is 5.32 Å². The van der Waals surface area contributed by atoms with Crippen LogP contribution in [0.2, 0.25) is 0 Å². The Bertz CT molecular complexity index is 924. The maximum Gasteiger partial charge on any atom is 0.416 e. The second-order valence-corrected chi connectivity index (χ2v) is 6.74. The number of rotatable bonds is 3. The van der Waals surface area contributed by atoms with Gasteiger partial charge in [-0.1, -0.05) is 25.0 Å². The number of nitrogens with one attached hydrogen (secondary N) is 1. The van der Waals surface area contributed by atoms with Gasteiger partial charge in [-0.3, -0.25) is 0 Å². The lowest BCUT2D eigenvalue weighted by atomic mass is 9.87. The summed E-state index contributed by atoms with van der Waals surface area (Å²) in [6.45, 7) is 1.87. The number of benzene rings is 1. The van der Waals surface area contributed by atoms with Crippen molar-refractivity contribution in [2.75, 3.05) is 5.32 Å². The first-order chi connectivity index (χ1) is 12.4. The van der Waals surface area contributed by atoms with Crippen molar-refractivity contribution in [3.63, 3.8) is 0 Å². The fourth-order valence-electron chi connectivity index (χ4n) is 3.71. The van der Waals surface area contributed by atoms with Gasteiger partial charge in [0.15, 0.2) is 0 Å². The summed E-state index contributed by atoms with van der Waals surface area (Å²) in [6, 6.07) is 7.34. The van der Waals surface area contributed by atoms with Crippen LogP contribution in [0.3, 0.4) is 0 Å². The van der Waals surface area contributed by atoms with Crippen molar-refractivity contribution in [2.45, 2.75) is 44.3 Å². The van der Waals surface area contributed by atoms with Crippen LogP contribution in [0.1, 0.15) is 42.5 Å². The first kappa shape index (κ1) is 16.8. The molecule has 1 aliphatic rings. The molecule has 4 rings (SSSR count). The average molecular weight is 361 g/mol. The van der Waals surface area contributed by atoms with Crippen LogP contribution in [0, 0.1) is 6.92 Å². The minimum Gasteiger partial charge on any atom is -0.360 e. The van der Waals surface area contributed by atoms with Crippen LogP contribution < -0.4 is 5.32 Å². The molecule has 0 unspecified atom stereocenters. The molecule has 0 amide bonds. The van der Waals surface area contributed by atoms with Gasteiger partial charge in [-0.25, -0.2) is 4.98 Å². The first-order valence-electron chi connectivity index (χ1n) is 8.51. The second kappa shape index (κ2) is 5.96. The number of alkyl halides is 3. The summed E-state index contributed by atoms with van der Waals surface area (Å²) in [5.41, 5.74) is 0.601. The number of halogens is 3. The van der Waals surface area contributed by atoms with Crippen LogP contribution in [0.25, 0.3) is 5.78 Å². The molecule has 1 saturated carbocycles. The van der Waals surface area contributed by atoms with Gasteiger partial charge in [-0.05, 0) is 37.5 Å². The van der Waals surface area contributed by atoms with Gasteiger partial charge in [0.05, 0.1) is 11.1 Å². The van der Waals surface area contributed by atoms with E-state index in [-0.39, 0.29) is 0 Å². The van der Waals surface area contributed by atoms with Gasteiger partial charge in [-0.15, -0.1) is 0 Å². The number of fused-ring (bicyclic) bond motifs is 1. The Morgan fingerprint density at radius 1 is 1.12 bits per heavy atom. The Balaban J connectivity index is 1.74. The highest BCUT2D eigenvalue weighted by atomic mass is 19.4. The van der Waals surface area contributed by atoms with E-state index in [1.54, 1.807) is 16.6 Å². The fourth-order valence-corrected chi connectivity index (χ4v) is 3.71. The third-order valence-corrected chi connectivity index (χ3v) is 4.97. The van der Waals surface area contributed by atoms with Gasteiger partial charge in [0, 0.05) is 11.8 Å². The SMILES string of the molecule is Cc1cc(NC2(c3ccc(C(F)(F)F)cc3)CCCC2)n2ncnc2n1. The van der Waals surface area contributed by atoms with Crippen LogP contribution >= 0.6 is 0 Å². The van der Waals surface area contributed by atoms with Crippen molar-refractivity contribution in [3.8, 4) is 0 Å². The quantitative estimate of drug-likeness (QED) is 0.754. The van der Waals surface area contributed by atoms with E-state index in [0.29, 0.717) is 5.78 Å². The van der Waals surface area contributed by atoms with E-state index >= 15 is 0 Å². The minimum atomic E-state index is -4.33. The van der Waals surface area contributed by atoms with Crippen molar-refractivity contribution in [3.05, 3.63) is 53.5 Å². The van der Waals surface area contributed by atoms with Crippen molar-refractivity contribution < 1.29 is 13.2 Å². The topological polar surface area (TPSA) is 55.1 Å². The molecule has 1 aromatic carbocycles. The smallest absolute Gasteiger partial charge is 0.360 e. The van der Waals surface area contributed by atoms with E-state index in [0.717, 1.165) is 54.9 Å². The molecule has 5 nitrogen and oxygen atoms in total. The van der Waals surface area contributed by atoms with Crippen molar-refractivity contribution in [1.82, 2.24) is 19.6 Å². The monoisotopic (exact) mass is 361 g/mol. The van der Waals surface area contributed by atoms with Crippen LogP contribution in [0.5, 0.6) is 0 Å². The van der Waals surface area contributed by atoms with Crippen LogP contribution in [0.15, 0.2) is 36.7 Å². The number of hydrogen-bond acceptors (Lipinski definition) is 4. The third-order valence-electron chi connectivity index (χ3n) is 4.97. The lowest BCUT2D eigenvalue weighted by molar-refractivity contribution is -0.137. The average Bonchev–Trinajstić information content (AvgIpc) is 3.24. The van der Waals surface area contributed by atoms with E-state index in [1.807, 2.05) is 13.0 Å². The standard InChI is InChI=1S/C18H18F3N5/c1-12-10-15(26-16(24-12)22-11-23-26)25-17(8-2-3-9-17)13-4-6-14(7-5-13)18(19,20)21/h4-7,10-11,25H,2-3,8-9H2,1H3. The molecule has 0 radical (unpaired) electrons. The molecule has 0 spiro atoms. The lowest BCUT2D eigenvalue weighted by Gasteiger charge is -2.32. The summed E-state index contributed by atoms with van der Waals surface area (Å²) in [6.07, 6.45) is 0.819. The maximum atomic E-state index is 12.9. The number of hydrogen-bond donors (Lipinski definition) is 1. The van der Waals surface area contributed by atoms with Crippen LogP contribution in [-0.2, 0) is 11.7 Å². The molecule has 26 heavy (non-hydrogen) atoms. The zero-order chi connectivity index (χ0) is 18.4. The zero-order valence-electron chi connectivity index (χ0n) is 14.2. The molecule has 1 fully saturated rings. The van der Waals surface area contributed by atoms with Gasteiger partial charge >= 0.3 is 6.18 Å². The predicted molar refractivity (Wildman–Crippen MR) is 90.7 cm³/mol. The Morgan fingerprint density at radius 3 is 2.46 bits per heavy atom. The Morgan fingerprint density at radius 2 is 1.81 bits per heavy atom. The molecule has 1 N–H and O–H groups in total. The largest absolute Gasteiger partial charge is 0.416 e. The predicted octanol–water partition coefficient (Wildman–Crippen LogP) is 4.33. The summed E-state index contributed by atoms with van der Waals surface area (Å²) < 4.78 is 40.3. The lowest BCUT2D eigenvalue weighted by Crippen LogP contribution is -2.33. The molecule has 8 heteroatoms. The number of aromatic nitrogens is 4. The van der Waals surface area contributed by atoms with E-state index in [2.05, 4.69) is 20.4 Å². The van der Waals surface area contributed by atoms with E-state index < -0.39 is 17.3 Å². The van der Waals surface area contributed by atoms with Gasteiger partial charge in [0.25, 0.3) is 5.78 Å². The molecule has 1 aliphatic carbocycles. The van der Waals surface area contributed by atoms with Gasteiger partial charge in [0.1, 0.15) is 12.1 Å². The summed E-state index contributed by atoms with van der Waals surface area (Å²) in [5.74, 6) is 1.24. The van der Waals surface area contributed by atoms with E-state index in [1.165, 1.54) is 6.33 Å². The minimum absolute atomic E-state index is 0.420. The van der Waals surface area contributed by atoms with Gasteiger partial charge in [0.2, 0.25) is 0 Å². The summed E-state index contributed by atoms with van der Waals surface area (Å²) >= 11 is 0. The van der Waals surface area contributed by atoms with E-state index in [4.69, 9.17) is 0 Å². The number of anilines is 1. The molecular weight excluding hydrogens is 343 g/mol. The summed E-state index contributed by atoms with van der Waals surface area (Å²) in [4.78, 5) is 8.45.